The number of nitrogens with one attached hydrogen (secondary N) is 1. The van der Waals surface area contributed by atoms with Crippen LogP contribution in [0, 0.1) is 6.42 Å². The van der Waals surface area contributed by atoms with Crippen molar-refractivity contribution in [1.82, 2.24) is 19.7 Å². The molecular formula is C24H30N5O2. The van der Waals surface area contributed by atoms with Crippen molar-refractivity contribution < 1.29 is 4.74 Å². The van der Waals surface area contributed by atoms with E-state index in [9.17, 15) is 4.79 Å². The normalized spacial score (nSPS) is 17.9. The van der Waals surface area contributed by atoms with Crippen LogP contribution in [-0.4, -0.2) is 39.9 Å². The van der Waals surface area contributed by atoms with Gasteiger partial charge in [0.1, 0.15) is 17.0 Å². The monoisotopic (exact) mass is 420 g/mol. The number of piperidine rings is 1. The number of anilines is 1. The number of H-pyrrole nitrogens is 1. The largest absolute Gasteiger partial charge is 0.496 e. The molecule has 1 radical (unpaired) electrons. The molecule has 2 fully saturated rings. The lowest BCUT2D eigenvalue weighted by Crippen LogP contribution is -2.29. The van der Waals surface area contributed by atoms with Crippen molar-refractivity contribution in [3.63, 3.8) is 0 Å². The van der Waals surface area contributed by atoms with E-state index in [2.05, 4.69) is 22.4 Å². The summed E-state index contributed by atoms with van der Waals surface area (Å²) in [6.07, 6.45) is 10.4. The van der Waals surface area contributed by atoms with Gasteiger partial charge >= 0.3 is 0 Å². The van der Waals surface area contributed by atoms with E-state index >= 15 is 0 Å². The SMILES string of the molecule is COc1cc(N2CC[CH]CC2)ccc1-c1nc2c(c(C3CCCCC3)nn2C)c(=O)[nH]1. The summed E-state index contributed by atoms with van der Waals surface area (Å²) in [4.78, 5) is 23.4. The number of fused-ring (bicyclic) bond motifs is 1. The fourth-order valence-electron chi connectivity index (χ4n) is 5.06. The first kappa shape index (κ1) is 20.1. The second-order valence-electron chi connectivity index (χ2n) is 8.69. The van der Waals surface area contributed by atoms with Gasteiger partial charge < -0.3 is 14.6 Å². The van der Waals surface area contributed by atoms with Crippen LogP contribution in [0.1, 0.15) is 56.6 Å². The van der Waals surface area contributed by atoms with Crippen LogP contribution in [-0.2, 0) is 7.05 Å². The molecule has 163 valence electrons. The molecule has 7 heteroatoms. The lowest BCUT2D eigenvalue weighted by Gasteiger charge is -2.29. The van der Waals surface area contributed by atoms with Crippen molar-refractivity contribution in [2.24, 2.45) is 7.05 Å². The third-order valence-electron chi connectivity index (χ3n) is 6.72. The quantitative estimate of drug-likeness (QED) is 0.685. The molecule has 1 N–H and O–H groups in total. The topological polar surface area (TPSA) is 76.0 Å². The third-order valence-corrected chi connectivity index (χ3v) is 6.72. The van der Waals surface area contributed by atoms with Crippen LogP contribution >= 0.6 is 0 Å². The molecule has 5 rings (SSSR count). The molecule has 1 aliphatic carbocycles. The maximum Gasteiger partial charge on any atom is 0.262 e. The highest BCUT2D eigenvalue weighted by molar-refractivity contribution is 5.81. The number of hydrogen-bond acceptors (Lipinski definition) is 5. The summed E-state index contributed by atoms with van der Waals surface area (Å²) in [5, 5.41) is 5.36. The predicted molar refractivity (Wildman–Crippen MR) is 123 cm³/mol. The number of hydrogen-bond donors (Lipinski definition) is 1. The van der Waals surface area contributed by atoms with Crippen molar-refractivity contribution in [2.75, 3.05) is 25.1 Å². The van der Waals surface area contributed by atoms with Gasteiger partial charge in [-0.15, -0.1) is 0 Å². The highest BCUT2D eigenvalue weighted by atomic mass is 16.5. The van der Waals surface area contributed by atoms with Crippen LogP contribution in [0.2, 0.25) is 0 Å². The number of aromatic nitrogens is 4. The summed E-state index contributed by atoms with van der Waals surface area (Å²) in [6.45, 7) is 2.03. The van der Waals surface area contributed by atoms with Crippen LogP contribution in [0.5, 0.6) is 5.75 Å². The second kappa shape index (κ2) is 8.36. The van der Waals surface area contributed by atoms with E-state index in [0.717, 1.165) is 55.7 Å². The molecule has 1 saturated carbocycles. The molecule has 0 spiro atoms. The van der Waals surface area contributed by atoms with E-state index in [-0.39, 0.29) is 5.56 Å². The maximum absolute atomic E-state index is 13.2. The number of aryl methyl sites for hydroxylation is 1. The molecule has 7 nitrogen and oxygen atoms in total. The van der Waals surface area contributed by atoms with Crippen LogP contribution in [0.15, 0.2) is 23.0 Å². The van der Waals surface area contributed by atoms with Gasteiger partial charge in [0.2, 0.25) is 0 Å². The van der Waals surface area contributed by atoms with Gasteiger partial charge in [0, 0.05) is 37.8 Å². The first-order valence-electron chi connectivity index (χ1n) is 11.4. The molecule has 3 aromatic rings. The summed E-state index contributed by atoms with van der Waals surface area (Å²) in [6, 6.07) is 6.13. The molecule has 2 aliphatic rings. The Hall–Kier alpha value is -2.83. The van der Waals surface area contributed by atoms with Gasteiger partial charge in [-0.05, 0) is 44.2 Å². The van der Waals surface area contributed by atoms with Crippen molar-refractivity contribution in [2.45, 2.75) is 50.9 Å². The van der Waals surface area contributed by atoms with Crippen molar-refractivity contribution >= 4 is 16.7 Å². The molecule has 1 aliphatic heterocycles. The fraction of sp³-hybridized carbons (Fsp3) is 0.500. The highest BCUT2D eigenvalue weighted by Gasteiger charge is 2.25. The average molecular weight is 421 g/mol. The van der Waals surface area contributed by atoms with Gasteiger partial charge in [-0.2, -0.15) is 5.10 Å². The van der Waals surface area contributed by atoms with E-state index in [0.29, 0.717) is 28.5 Å². The lowest BCUT2D eigenvalue weighted by atomic mass is 9.86. The Morgan fingerprint density at radius 1 is 1.13 bits per heavy atom. The molecule has 0 atom stereocenters. The Balaban J connectivity index is 1.56. The zero-order valence-electron chi connectivity index (χ0n) is 18.4. The molecule has 0 unspecified atom stereocenters. The molecule has 0 bridgehead atoms. The second-order valence-corrected chi connectivity index (χ2v) is 8.69. The number of benzene rings is 1. The first-order valence-corrected chi connectivity index (χ1v) is 11.4. The Morgan fingerprint density at radius 3 is 2.65 bits per heavy atom. The minimum Gasteiger partial charge on any atom is -0.496 e. The Kier molecular flexibility index (Phi) is 5.42. The number of nitrogens with zero attached hydrogens (tertiary/aromatic N) is 4. The maximum atomic E-state index is 13.2. The van der Waals surface area contributed by atoms with Gasteiger partial charge in [0.15, 0.2) is 5.65 Å². The van der Waals surface area contributed by atoms with Gasteiger partial charge in [0.05, 0.1) is 18.4 Å². The van der Waals surface area contributed by atoms with Crippen molar-refractivity contribution in [1.29, 1.82) is 0 Å². The summed E-state index contributed by atoms with van der Waals surface area (Å²) in [5.41, 5.74) is 3.34. The Bertz CT molecular complexity index is 1140. The zero-order chi connectivity index (χ0) is 21.4. The van der Waals surface area contributed by atoms with Crippen LogP contribution in [0.4, 0.5) is 5.69 Å². The van der Waals surface area contributed by atoms with Crippen LogP contribution in [0.25, 0.3) is 22.4 Å². The fourth-order valence-corrected chi connectivity index (χ4v) is 5.06. The average Bonchev–Trinajstić information content (AvgIpc) is 3.16. The molecule has 3 heterocycles. The van der Waals surface area contributed by atoms with E-state index in [1.54, 1.807) is 11.8 Å². The zero-order valence-corrected chi connectivity index (χ0v) is 18.4. The van der Waals surface area contributed by atoms with E-state index in [1.807, 2.05) is 19.2 Å². The smallest absolute Gasteiger partial charge is 0.262 e. The summed E-state index contributed by atoms with van der Waals surface area (Å²) < 4.78 is 7.45. The lowest BCUT2D eigenvalue weighted by molar-refractivity contribution is 0.416. The summed E-state index contributed by atoms with van der Waals surface area (Å²) in [7, 11) is 3.53. The number of methoxy groups -OCH3 is 1. The van der Waals surface area contributed by atoms with E-state index in [1.165, 1.54) is 19.3 Å². The summed E-state index contributed by atoms with van der Waals surface area (Å²) >= 11 is 0. The van der Waals surface area contributed by atoms with Crippen molar-refractivity contribution in [3.05, 3.63) is 40.7 Å². The summed E-state index contributed by atoms with van der Waals surface area (Å²) in [5.74, 6) is 1.58. The van der Waals surface area contributed by atoms with Crippen molar-refractivity contribution in [3.8, 4) is 17.1 Å². The molecule has 31 heavy (non-hydrogen) atoms. The molecule has 1 saturated heterocycles. The molecule has 2 aromatic heterocycles. The first-order chi connectivity index (χ1) is 15.2. The number of rotatable bonds is 4. The van der Waals surface area contributed by atoms with Gasteiger partial charge in [0.25, 0.3) is 5.56 Å². The van der Waals surface area contributed by atoms with Gasteiger partial charge in [-0.1, -0.05) is 19.3 Å². The highest BCUT2D eigenvalue weighted by Crippen LogP contribution is 2.36. The van der Waals surface area contributed by atoms with Crippen LogP contribution in [0.3, 0.4) is 0 Å². The number of aromatic amines is 1. The van der Waals surface area contributed by atoms with Crippen LogP contribution < -0.4 is 15.2 Å². The van der Waals surface area contributed by atoms with E-state index in [4.69, 9.17) is 14.8 Å². The predicted octanol–water partition coefficient (Wildman–Crippen LogP) is 4.18. The molecule has 0 amide bonds. The third kappa shape index (κ3) is 3.70. The molecule has 1 aromatic carbocycles. The minimum absolute atomic E-state index is 0.119. The Labute approximate surface area is 182 Å². The Morgan fingerprint density at radius 2 is 1.90 bits per heavy atom. The molecular weight excluding hydrogens is 390 g/mol. The van der Waals surface area contributed by atoms with E-state index < -0.39 is 0 Å². The minimum atomic E-state index is -0.119. The standard InChI is InChI=1S/C24H30N5O2/c1-28-23-20(21(27-28)16-9-5-3-6-10-16)24(30)26-22(25-23)18-12-11-17(15-19(18)31-2)29-13-7-4-8-14-29/h4,11-12,15-16H,3,5-10,13-14H2,1-2H3,(H,25,26,30). The number of ether oxygens (including phenoxy) is 1. The van der Waals surface area contributed by atoms with Gasteiger partial charge in [-0.25, -0.2) is 9.67 Å². The van der Waals surface area contributed by atoms with Gasteiger partial charge in [-0.3, -0.25) is 4.79 Å².